The van der Waals surface area contributed by atoms with Crippen LogP contribution in [-0.4, -0.2) is 72.1 Å². The molecule has 2 aliphatic heterocycles. The zero-order valence-electron chi connectivity index (χ0n) is 17.1. The van der Waals surface area contributed by atoms with Crippen molar-refractivity contribution in [1.29, 1.82) is 0 Å². The number of aromatic nitrogens is 3. The summed E-state index contributed by atoms with van der Waals surface area (Å²) in [6.45, 7) is 5.97. The van der Waals surface area contributed by atoms with Crippen LogP contribution in [0.5, 0.6) is 0 Å². The fraction of sp³-hybridized carbons (Fsp3) is 0.550. The average Bonchev–Trinajstić information content (AvgIpc) is 3.39. The van der Waals surface area contributed by atoms with Crippen molar-refractivity contribution < 1.29 is 4.74 Å². The minimum absolute atomic E-state index is 0. The third-order valence-electron chi connectivity index (χ3n) is 5.51. The fourth-order valence-electron chi connectivity index (χ4n) is 4.01. The summed E-state index contributed by atoms with van der Waals surface area (Å²) in [5.41, 5.74) is 2.50. The van der Waals surface area contributed by atoms with Gasteiger partial charge in [0.2, 0.25) is 0 Å². The Bertz CT molecular complexity index is 819. The van der Waals surface area contributed by atoms with Crippen LogP contribution in [0.4, 0.5) is 5.82 Å². The molecule has 1 unspecified atom stereocenters. The minimum Gasteiger partial charge on any atom is -0.378 e. The van der Waals surface area contributed by atoms with Gasteiger partial charge in [-0.1, -0.05) is 6.07 Å². The Morgan fingerprint density at radius 3 is 2.86 bits per heavy atom. The van der Waals surface area contributed by atoms with Gasteiger partial charge in [0.15, 0.2) is 5.96 Å². The normalized spacial score (nSPS) is 19.9. The highest BCUT2D eigenvalue weighted by atomic mass is 127. The molecule has 158 valence electrons. The van der Waals surface area contributed by atoms with E-state index in [1.54, 1.807) is 0 Å². The molecule has 2 aromatic rings. The quantitative estimate of drug-likeness (QED) is 0.384. The third kappa shape index (κ3) is 5.19. The summed E-state index contributed by atoms with van der Waals surface area (Å²) in [6, 6.07) is 4.14. The van der Waals surface area contributed by atoms with Gasteiger partial charge < -0.3 is 19.9 Å². The molecule has 2 aromatic heterocycles. The number of halogens is 1. The van der Waals surface area contributed by atoms with Crippen molar-refractivity contribution >= 4 is 35.8 Å². The van der Waals surface area contributed by atoms with Crippen molar-refractivity contribution in [1.82, 2.24) is 25.0 Å². The van der Waals surface area contributed by atoms with Gasteiger partial charge in [-0.2, -0.15) is 5.10 Å². The SMILES string of the molecule is CN=C(NCc1cccnc1N1CCOCC1)N1CCC(c2cnn(C)c2)C1.I. The average molecular weight is 511 g/mol. The maximum Gasteiger partial charge on any atom is 0.193 e. The van der Waals surface area contributed by atoms with Crippen LogP contribution >= 0.6 is 24.0 Å². The largest absolute Gasteiger partial charge is 0.378 e. The Balaban J connectivity index is 0.00000240. The van der Waals surface area contributed by atoms with E-state index in [9.17, 15) is 0 Å². The Hall–Kier alpha value is -1.88. The van der Waals surface area contributed by atoms with E-state index in [4.69, 9.17) is 4.74 Å². The lowest BCUT2D eigenvalue weighted by molar-refractivity contribution is 0.122. The standard InChI is InChI=1S/C20H29N7O.HI/c1-21-20(27-7-5-17(15-27)18-13-24-25(2)14-18)23-12-16-4-3-6-22-19(16)26-8-10-28-11-9-26;/h3-4,6,13-14,17H,5,7-12,15H2,1-2H3,(H,21,23);1H. The highest BCUT2D eigenvalue weighted by molar-refractivity contribution is 14.0. The molecule has 0 saturated carbocycles. The van der Waals surface area contributed by atoms with Crippen molar-refractivity contribution in [3.8, 4) is 0 Å². The van der Waals surface area contributed by atoms with E-state index in [1.807, 2.05) is 37.2 Å². The predicted octanol–water partition coefficient (Wildman–Crippen LogP) is 1.83. The van der Waals surface area contributed by atoms with E-state index >= 15 is 0 Å². The summed E-state index contributed by atoms with van der Waals surface area (Å²) < 4.78 is 7.35. The number of hydrogen-bond acceptors (Lipinski definition) is 5. The van der Waals surface area contributed by atoms with Gasteiger partial charge in [0.1, 0.15) is 5.82 Å². The number of morpholine rings is 1. The first kappa shape index (κ1) is 21.8. The van der Waals surface area contributed by atoms with Crippen LogP contribution in [0.25, 0.3) is 0 Å². The molecular formula is C20H30IN7O. The van der Waals surface area contributed by atoms with Crippen LogP contribution in [0, 0.1) is 0 Å². The molecule has 0 bridgehead atoms. The van der Waals surface area contributed by atoms with Crippen molar-refractivity contribution in [3.63, 3.8) is 0 Å². The van der Waals surface area contributed by atoms with E-state index in [0.717, 1.165) is 57.6 Å². The summed E-state index contributed by atoms with van der Waals surface area (Å²) in [4.78, 5) is 13.8. The maximum absolute atomic E-state index is 5.48. The molecule has 9 heteroatoms. The van der Waals surface area contributed by atoms with Gasteiger partial charge in [-0.25, -0.2) is 4.98 Å². The molecule has 4 rings (SSSR count). The van der Waals surface area contributed by atoms with Crippen molar-refractivity contribution in [2.45, 2.75) is 18.9 Å². The second-order valence-corrected chi connectivity index (χ2v) is 7.37. The highest BCUT2D eigenvalue weighted by Crippen LogP contribution is 2.27. The molecular weight excluding hydrogens is 481 g/mol. The monoisotopic (exact) mass is 511 g/mol. The Morgan fingerprint density at radius 2 is 2.14 bits per heavy atom. The Morgan fingerprint density at radius 1 is 1.31 bits per heavy atom. The minimum atomic E-state index is 0. The number of pyridine rings is 1. The van der Waals surface area contributed by atoms with Gasteiger partial charge in [-0.15, -0.1) is 24.0 Å². The van der Waals surface area contributed by atoms with Crippen molar-refractivity contribution in [2.24, 2.45) is 12.0 Å². The number of anilines is 1. The number of aliphatic imine (C=N–C) groups is 1. The summed E-state index contributed by atoms with van der Waals surface area (Å²) >= 11 is 0. The molecule has 0 radical (unpaired) electrons. The molecule has 0 spiro atoms. The molecule has 8 nitrogen and oxygen atoms in total. The molecule has 2 fully saturated rings. The molecule has 1 N–H and O–H groups in total. The Labute approximate surface area is 189 Å². The molecule has 4 heterocycles. The molecule has 0 aromatic carbocycles. The molecule has 0 aliphatic carbocycles. The fourth-order valence-corrected chi connectivity index (χ4v) is 4.01. The molecule has 0 amide bonds. The summed E-state index contributed by atoms with van der Waals surface area (Å²) in [6.07, 6.45) is 7.09. The number of guanidine groups is 1. The zero-order chi connectivity index (χ0) is 19.3. The van der Waals surface area contributed by atoms with Gasteiger partial charge in [-0.3, -0.25) is 9.67 Å². The van der Waals surface area contributed by atoms with Crippen LogP contribution in [0.1, 0.15) is 23.5 Å². The van der Waals surface area contributed by atoms with Crippen LogP contribution < -0.4 is 10.2 Å². The van der Waals surface area contributed by atoms with Gasteiger partial charge in [0.05, 0.1) is 19.4 Å². The van der Waals surface area contributed by atoms with Gasteiger partial charge in [0, 0.05) is 70.7 Å². The first-order valence-electron chi connectivity index (χ1n) is 9.95. The first-order valence-corrected chi connectivity index (χ1v) is 9.95. The van der Waals surface area contributed by atoms with Crippen molar-refractivity contribution in [3.05, 3.63) is 41.9 Å². The van der Waals surface area contributed by atoms with Crippen LogP contribution in [-0.2, 0) is 18.3 Å². The third-order valence-corrected chi connectivity index (χ3v) is 5.51. The number of hydrogen-bond donors (Lipinski definition) is 1. The van der Waals surface area contributed by atoms with Gasteiger partial charge >= 0.3 is 0 Å². The lowest BCUT2D eigenvalue weighted by Gasteiger charge is -2.30. The van der Waals surface area contributed by atoms with Crippen LogP contribution in [0.3, 0.4) is 0 Å². The van der Waals surface area contributed by atoms with E-state index in [2.05, 4.69) is 42.5 Å². The molecule has 1 atom stereocenters. The number of aryl methyl sites for hydroxylation is 1. The second kappa shape index (κ2) is 10.2. The zero-order valence-corrected chi connectivity index (χ0v) is 19.5. The van der Waals surface area contributed by atoms with Crippen LogP contribution in [0.2, 0.25) is 0 Å². The number of likely N-dealkylation sites (tertiary alicyclic amines) is 1. The Kier molecular flexibility index (Phi) is 7.70. The number of nitrogens with one attached hydrogen (secondary N) is 1. The summed E-state index contributed by atoms with van der Waals surface area (Å²) in [5, 5.41) is 7.85. The number of nitrogens with zero attached hydrogens (tertiary/aromatic N) is 6. The maximum atomic E-state index is 5.48. The first-order chi connectivity index (χ1) is 13.7. The lowest BCUT2D eigenvalue weighted by Crippen LogP contribution is -2.40. The predicted molar refractivity (Wildman–Crippen MR) is 125 cm³/mol. The highest BCUT2D eigenvalue weighted by Gasteiger charge is 2.27. The lowest BCUT2D eigenvalue weighted by atomic mass is 10.0. The molecule has 2 saturated heterocycles. The summed E-state index contributed by atoms with van der Waals surface area (Å²) in [5.74, 6) is 2.50. The number of ether oxygens (including phenoxy) is 1. The van der Waals surface area contributed by atoms with Crippen molar-refractivity contribution in [2.75, 3.05) is 51.3 Å². The molecule has 29 heavy (non-hydrogen) atoms. The van der Waals surface area contributed by atoms with E-state index in [0.29, 0.717) is 12.5 Å². The van der Waals surface area contributed by atoms with Gasteiger partial charge in [0.25, 0.3) is 0 Å². The van der Waals surface area contributed by atoms with Crippen LogP contribution in [0.15, 0.2) is 35.7 Å². The van der Waals surface area contributed by atoms with E-state index in [1.165, 1.54) is 11.1 Å². The van der Waals surface area contributed by atoms with E-state index < -0.39 is 0 Å². The van der Waals surface area contributed by atoms with Gasteiger partial charge in [-0.05, 0) is 18.1 Å². The molecule has 2 aliphatic rings. The second-order valence-electron chi connectivity index (χ2n) is 7.37. The number of rotatable bonds is 4. The smallest absolute Gasteiger partial charge is 0.193 e. The topological polar surface area (TPSA) is 70.8 Å². The summed E-state index contributed by atoms with van der Waals surface area (Å²) in [7, 11) is 3.82. The van der Waals surface area contributed by atoms with E-state index in [-0.39, 0.29) is 24.0 Å².